The van der Waals surface area contributed by atoms with Gasteiger partial charge in [0.2, 0.25) is 5.75 Å². The molecule has 1 heterocycles. The van der Waals surface area contributed by atoms with E-state index in [4.69, 9.17) is 25.8 Å². The van der Waals surface area contributed by atoms with Gasteiger partial charge in [0, 0.05) is 29.2 Å². The van der Waals surface area contributed by atoms with Crippen LogP contribution in [0, 0.1) is 5.92 Å². The first kappa shape index (κ1) is 26.4. The highest BCUT2D eigenvalue weighted by molar-refractivity contribution is 6.30. The third kappa shape index (κ3) is 6.35. The van der Waals surface area contributed by atoms with Crippen LogP contribution in [0.1, 0.15) is 31.2 Å². The molecule has 0 spiro atoms. The first-order valence-electron chi connectivity index (χ1n) is 12.4. The molecule has 1 saturated heterocycles. The number of aliphatic hydroxyl groups is 1. The number of amides is 2. The van der Waals surface area contributed by atoms with Gasteiger partial charge in [-0.25, -0.2) is 4.79 Å². The molecule has 4 rings (SSSR count). The Morgan fingerprint density at radius 2 is 1.67 bits per heavy atom. The van der Waals surface area contributed by atoms with E-state index < -0.39 is 6.10 Å². The molecule has 2 aromatic rings. The normalized spacial score (nSPS) is 22.8. The van der Waals surface area contributed by atoms with E-state index in [2.05, 4.69) is 27.7 Å². The van der Waals surface area contributed by atoms with Crippen molar-refractivity contribution >= 4 is 23.3 Å². The van der Waals surface area contributed by atoms with Gasteiger partial charge in [0.15, 0.2) is 11.5 Å². The van der Waals surface area contributed by atoms with Crippen molar-refractivity contribution in [2.75, 3.05) is 39.7 Å². The number of halogens is 1. The van der Waals surface area contributed by atoms with Gasteiger partial charge in [0.25, 0.3) is 0 Å². The van der Waals surface area contributed by atoms with Crippen LogP contribution in [-0.4, -0.2) is 68.6 Å². The number of benzene rings is 2. The molecule has 1 aliphatic heterocycles. The van der Waals surface area contributed by atoms with E-state index in [0.717, 1.165) is 37.4 Å². The molecule has 9 heteroatoms. The molecule has 3 N–H and O–H groups in total. The van der Waals surface area contributed by atoms with Crippen LogP contribution in [0.15, 0.2) is 36.4 Å². The lowest BCUT2D eigenvalue weighted by atomic mass is 9.89. The zero-order valence-electron chi connectivity index (χ0n) is 21.1. The maximum atomic E-state index is 12.9. The molecule has 8 nitrogen and oxygen atoms in total. The molecule has 0 unspecified atom stereocenters. The summed E-state index contributed by atoms with van der Waals surface area (Å²) in [6.45, 7) is 1.92. The van der Waals surface area contributed by atoms with Crippen LogP contribution in [0.25, 0.3) is 0 Å². The van der Waals surface area contributed by atoms with E-state index in [0.29, 0.717) is 41.7 Å². The summed E-state index contributed by atoms with van der Waals surface area (Å²) in [7, 11) is 4.60. The van der Waals surface area contributed by atoms with Gasteiger partial charge in [-0.1, -0.05) is 23.7 Å². The fourth-order valence-electron chi connectivity index (χ4n) is 5.48. The smallest absolute Gasteiger partial charge is 0.319 e. The Hall–Kier alpha value is -2.68. The quantitative estimate of drug-likeness (QED) is 0.482. The summed E-state index contributed by atoms with van der Waals surface area (Å²) in [5, 5.41) is 17.1. The van der Waals surface area contributed by atoms with Crippen molar-refractivity contribution in [2.45, 2.75) is 50.3 Å². The number of methoxy groups -OCH3 is 3. The predicted octanol–water partition coefficient (Wildman–Crippen LogP) is 4.33. The second kappa shape index (κ2) is 12.0. The number of anilines is 1. The maximum Gasteiger partial charge on any atom is 0.319 e. The molecule has 3 atom stereocenters. The number of aliphatic hydroxyl groups excluding tert-OH is 1. The number of urea groups is 1. The standard InChI is InChI=1S/C27H36ClN3O5/c1-34-24-13-20(14-25(35-2)26(24)36-3)29-27(33)30-22-15-21(32)16-23(22)31-10-8-18(9-11-31)12-17-4-6-19(28)7-5-17/h4-7,13-14,18,21-23,32H,8-12,15-16H2,1-3H3,(H2,29,30,33)/t21-,22+,23+/m0/s1. The third-order valence-corrected chi connectivity index (χ3v) is 7.55. The summed E-state index contributed by atoms with van der Waals surface area (Å²) < 4.78 is 16.1. The predicted molar refractivity (Wildman–Crippen MR) is 141 cm³/mol. The van der Waals surface area contributed by atoms with Gasteiger partial charge in [-0.3, -0.25) is 4.90 Å². The number of carbonyl (C=O) groups is 1. The van der Waals surface area contributed by atoms with Gasteiger partial charge in [-0.2, -0.15) is 0 Å². The second-order valence-electron chi connectivity index (χ2n) is 9.62. The van der Waals surface area contributed by atoms with Gasteiger partial charge in [0.1, 0.15) is 0 Å². The monoisotopic (exact) mass is 517 g/mol. The molecular formula is C27H36ClN3O5. The molecule has 196 valence electrons. The average Bonchev–Trinajstić information content (AvgIpc) is 3.24. The minimum Gasteiger partial charge on any atom is -0.493 e. The highest BCUT2D eigenvalue weighted by atomic mass is 35.5. The molecule has 2 fully saturated rings. The molecule has 2 amide bonds. The lowest BCUT2D eigenvalue weighted by Crippen LogP contribution is -2.52. The number of hydrogen-bond acceptors (Lipinski definition) is 6. The number of likely N-dealkylation sites (tertiary alicyclic amines) is 1. The van der Waals surface area contributed by atoms with Crippen LogP contribution in [0.4, 0.5) is 10.5 Å². The molecule has 0 bridgehead atoms. The number of ether oxygens (including phenoxy) is 3. The van der Waals surface area contributed by atoms with Crippen molar-refractivity contribution in [3.05, 3.63) is 47.0 Å². The molecule has 2 aliphatic rings. The first-order valence-corrected chi connectivity index (χ1v) is 12.8. The van der Waals surface area contributed by atoms with Gasteiger partial charge in [0.05, 0.1) is 33.1 Å². The maximum absolute atomic E-state index is 12.9. The lowest BCUT2D eigenvalue weighted by molar-refractivity contribution is 0.109. The number of nitrogens with zero attached hydrogens (tertiary/aromatic N) is 1. The molecule has 36 heavy (non-hydrogen) atoms. The van der Waals surface area contributed by atoms with Crippen molar-refractivity contribution in [1.82, 2.24) is 10.2 Å². The van der Waals surface area contributed by atoms with Crippen LogP contribution < -0.4 is 24.8 Å². The van der Waals surface area contributed by atoms with Crippen LogP contribution in [0.5, 0.6) is 17.2 Å². The number of piperidine rings is 1. The highest BCUT2D eigenvalue weighted by Gasteiger charge is 2.39. The Kier molecular flexibility index (Phi) is 8.82. The molecule has 1 saturated carbocycles. The van der Waals surface area contributed by atoms with Gasteiger partial charge < -0.3 is 30.0 Å². The van der Waals surface area contributed by atoms with Crippen LogP contribution in [-0.2, 0) is 6.42 Å². The average molecular weight is 518 g/mol. The minimum atomic E-state index is -0.423. The summed E-state index contributed by atoms with van der Waals surface area (Å²) in [6, 6.07) is 11.1. The molecule has 0 radical (unpaired) electrons. The Morgan fingerprint density at radius 3 is 2.25 bits per heavy atom. The molecule has 1 aliphatic carbocycles. The van der Waals surface area contributed by atoms with Crippen molar-refractivity contribution < 1.29 is 24.1 Å². The summed E-state index contributed by atoms with van der Waals surface area (Å²) >= 11 is 6.01. The van der Waals surface area contributed by atoms with Gasteiger partial charge in [-0.15, -0.1) is 0 Å². The Labute approximate surface area is 217 Å². The zero-order valence-corrected chi connectivity index (χ0v) is 21.9. The van der Waals surface area contributed by atoms with Crippen molar-refractivity contribution in [1.29, 1.82) is 0 Å². The van der Waals surface area contributed by atoms with Crippen molar-refractivity contribution in [3.8, 4) is 17.2 Å². The van der Waals surface area contributed by atoms with E-state index in [9.17, 15) is 9.90 Å². The Balaban J connectivity index is 1.34. The first-order chi connectivity index (χ1) is 17.4. The minimum absolute atomic E-state index is 0.113. The Morgan fingerprint density at radius 1 is 1.03 bits per heavy atom. The highest BCUT2D eigenvalue weighted by Crippen LogP contribution is 2.40. The SMILES string of the molecule is COc1cc(NC(=O)N[C@@H]2C[C@H](O)C[C@H]2N2CCC(Cc3ccc(Cl)cc3)CC2)cc(OC)c1OC. The van der Waals surface area contributed by atoms with E-state index >= 15 is 0 Å². The van der Waals surface area contributed by atoms with Gasteiger partial charge in [-0.05, 0) is 68.8 Å². The topological polar surface area (TPSA) is 92.3 Å². The molecular weight excluding hydrogens is 482 g/mol. The largest absolute Gasteiger partial charge is 0.493 e. The summed E-state index contributed by atoms with van der Waals surface area (Å²) in [5.41, 5.74) is 1.84. The third-order valence-electron chi connectivity index (χ3n) is 7.30. The van der Waals surface area contributed by atoms with Crippen LogP contribution >= 0.6 is 11.6 Å². The summed E-state index contributed by atoms with van der Waals surface area (Å²) in [6.07, 6.45) is 4.03. The molecule has 0 aromatic heterocycles. The van der Waals surface area contributed by atoms with E-state index in [1.165, 1.54) is 26.9 Å². The summed E-state index contributed by atoms with van der Waals surface area (Å²) in [5.74, 6) is 2.01. The van der Waals surface area contributed by atoms with E-state index in [1.54, 1.807) is 12.1 Å². The fraction of sp³-hybridized carbons (Fsp3) is 0.519. The fourth-order valence-corrected chi connectivity index (χ4v) is 5.61. The van der Waals surface area contributed by atoms with Crippen molar-refractivity contribution in [3.63, 3.8) is 0 Å². The number of rotatable bonds is 8. The number of nitrogens with one attached hydrogen (secondary N) is 2. The zero-order chi connectivity index (χ0) is 25.7. The number of carbonyl (C=O) groups excluding carboxylic acids is 1. The Bertz CT molecular complexity index is 1000. The lowest BCUT2D eigenvalue weighted by Gasteiger charge is -2.38. The van der Waals surface area contributed by atoms with Gasteiger partial charge >= 0.3 is 6.03 Å². The van der Waals surface area contributed by atoms with E-state index in [-0.39, 0.29) is 18.1 Å². The van der Waals surface area contributed by atoms with Crippen LogP contribution in [0.3, 0.4) is 0 Å². The molecule has 2 aromatic carbocycles. The van der Waals surface area contributed by atoms with E-state index in [1.807, 2.05) is 12.1 Å². The second-order valence-corrected chi connectivity index (χ2v) is 10.1. The van der Waals surface area contributed by atoms with Crippen molar-refractivity contribution in [2.24, 2.45) is 5.92 Å². The van der Waals surface area contributed by atoms with Crippen LogP contribution in [0.2, 0.25) is 5.02 Å². The summed E-state index contributed by atoms with van der Waals surface area (Å²) in [4.78, 5) is 15.3. The number of hydrogen-bond donors (Lipinski definition) is 3.